The number of amides is 1. The highest BCUT2D eigenvalue weighted by Crippen LogP contribution is 2.38. The minimum atomic E-state index is -3.20. The molecule has 0 unspecified atom stereocenters. The number of ether oxygens (including phenoxy) is 1. The Kier molecular flexibility index (Phi) is 9.58. The predicted molar refractivity (Wildman–Crippen MR) is 140 cm³/mol. The fourth-order valence-electron chi connectivity index (χ4n) is 4.35. The van der Waals surface area contributed by atoms with Crippen molar-refractivity contribution in [2.45, 2.75) is 70.5 Å². The van der Waals surface area contributed by atoms with E-state index in [9.17, 15) is 27.1 Å². The van der Waals surface area contributed by atoms with Gasteiger partial charge in [0.2, 0.25) is 0 Å². The summed E-state index contributed by atoms with van der Waals surface area (Å²) < 4.78 is 56.2. The lowest BCUT2D eigenvalue weighted by atomic mass is 9.84. The van der Waals surface area contributed by atoms with Crippen molar-refractivity contribution in [3.8, 4) is 17.0 Å². The molecule has 1 saturated carbocycles. The summed E-state index contributed by atoms with van der Waals surface area (Å²) >= 11 is 6.55. The van der Waals surface area contributed by atoms with Crippen LogP contribution in [0.1, 0.15) is 56.9 Å². The van der Waals surface area contributed by atoms with Gasteiger partial charge in [-0.15, -0.1) is 0 Å². The fraction of sp³-hybridized carbons (Fsp3) is 0.625. The van der Waals surface area contributed by atoms with Crippen LogP contribution < -0.4 is 15.4 Å². The molecule has 212 valence electrons. The third-order valence-electron chi connectivity index (χ3n) is 6.48. The lowest BCUT2D eigenvalue weighted by molar-refractivity contribution is -0.0494. The van der Waals surface area contributed by atoms with E-state index in [1.165, 1.54) is 23.2 Å². The number of aromatic nitrogens is 3. The van der Waals surface area contributed by atoms with E-state index in [1.807, 2.05) is 13.8 Å². The van der Waals surface area contributed by atoms with Crippen LogP contribution in [0.25, 0.3) is 11.3 Å². The van der Waals surface area contributed by atoms with Crippen molar-refractivity contribution in [2.24, 2.45) is 5.92 Å². The molecule has 1 aliphatic carbocycles. The molecule has 1 aliphatic rings. The number of aryl methyl sites for hydroxylation is 1. The Morgan fingerprint density at radius 3 is 2.55 bits per heavy atom. The topological polar surface area (TPSA) is 135 Å². The molecule has 0 aliphatic heterocycles. The van der Waals surface area contributed by atoms with E-state index in [0.717, 1.165) is 0 Å². The Bertz CT molecular complexity index is 1250. The van der Waals surface area contributed by atoms with Gasteiger partial charge in [0.15, 0.2) is 5.69 Å². The minimum Gasteiger partial charge on any atom is -0.434 e. The van der Waals surface area contributed by atoms with E-state index in [-0.39, 0.29) is 53.7 Å². The molecule has 1 amide bonds. The van der Waals surface area contributed by atoms with E-state index in [0.29, 0.717) is 31.1 Å². The molecule has 10 nitrogen and oxygen atoms in total. The largest absolute Gasteiger partial charge is 0.434 e. The zero-order valence-corrected chi connectivity index (χ0v) is 23.4. The highest BCUT2D eigenvalue weighted by Gasteiger charge is 2.37. The maximum atomic E-state index is 13.2. The molecule has 1 fully saturated rings. The van der Waals surface area contributed by atoms with Gasteiger partial charge >= 0.3 is 6.61 Å². The maximum Gasteiger partial charge on any atom is 0.387 e. The quantitative estimate of drug-likeness (QED) is 0.367. The number of alkyl halides is 2. The third kappa shape index (κ3) is 7.32. The van der Waals surface area contributed by atoms with Gasteiger partial charge in [0.1, 0.15) is 21.4 Å². The SMILES string of the molecule is CCn1nc(C(=O)NCC2(O)CCC(S(C)(=O)=O)CC2)c(Cl)c1-c1cnc(NCC(C)C)cc1OC(F)F. The van der Waals surface area contributed by atoms with E-state index in [1.54, 1.807) is 6.92 Å². The summed E-state index contributed by atoms with van der Waals surface area (Å²) in [6.07, 6.45) is 3.52. The van der Waals surface area contributed by atoms with E-state index in [2.05, 4.69) is 20.7 Å². The van der Waals surface area contributed by atoms with Crippen molar-refractivity contribution >= 4 is 33.2 Å². The Morgan fingerprint density at radius 1 is 1.34 bits per heavy atom. The van der Waals surface area contributed by atoms with Gasteiger partial charge in [-0.1, -0.05) is 25.4 Å². The first-order chi connectivity index (χ1) is 17.7. The predicted octanol–water partition coefficient (Wildman–Crippen LogP) is 3.74. The van der Waals surface area contributed by atoms with Crippen LogP contribution in [0.5, 0.6) is 5.75 Å². The molecule has 0 aromatic carbocycles. The first-order valence-corrected chi connectivity index (χ1v) is 14.7. The summed E-state index contributed by atoms with van der Waals surface area (Å²) in [5.74, 6) is -0.211. The van der Waals surface area contributed by atoms with Gasteiger partial charge in [-0.05, 0) is 38.5 Å². The molecular formula is C24H34ClF2N5O5S. The second kappa shape index (κ2) is 12.1. The lowest BCUT2D eigenvalue weighted by Crippen LogP contribution is -2.47. The van der Waals surface area contributed by atoms with Crippen LogP contribution in [0.2, 0.25) is 5.02 Å². The molecule has 38 heavy (non-hydrogen) atoms. The summed E-state index contributed by atoms with van der Waals surface area (Å²) in [5, 5.41) is 20.2. The van der Waals surface area contributed by atoms with Gasteiger partial charge in [-0.3, -0.25) is 9.48 Å². The molecule has 0 atom stereocenters. The first kappa shape index (κ1) is 30.0. The van der Waals surface area contributed by atoms with E-state index < -0.39 is 33.2 Å². The molecule has 2 heterocycles. The number of nitrogens with zero attached hydrogens (tertiary/aromatic N) is 3. The van der Waals surface area contributed by atoms with Crippen LogP contribution in [-0.4, -0.2) is 71.0 Å². The Balaban J connectivity index is 1.84. The van der Waals surface area contributed by atoms with Crippen molar-refractivity contribution in [1.82, 2.24) is 20.1 Å². The number of sulfone groups is 1. The van der Waals surface area contributed by atoms with Gasteiger partial charge in [0.25, 0.3) is 5.91 Å². The monoisotopic (exact) mass is 577 g/mol. The van der Waals surface area contributed by atoms with Crippen LogP contribution >= 0.6 is 11.6 Å². The van der Waals surface area contributed by atoms with Crippen molar-refractivity contribution in [3.63, 3.8) is 0 Å². The zero-order chi connectivity index (χ0) is 28.3. The molecule has 14 heteroatoms. The summed E-state index contributed by atoms with van der Waals surface area (Å²) in [7, 11) is -3.20. The number of aliphatic hydroxyl groups is 1. The van der Waals surface area contributed by atoms with Gasteiger partial charge in [-0.25, -0.2) is 13.4 Å². The average Bonchev–Trinajstić information content (AvgIpc) is 3.17. The smallest absolute Gasteiger partial charge is 0.387 e. The summed E-state index contributed by atoms with van der Waals surface area (Å²) in [6.45, 7) is 3.33. The van der Waals surface area contributed by atoms with Gasteiger partial charge in [-0.2, -0.15) is 13.9 Å². The Labute approximate surface area is 226 Å². The lowest BCUT2D eigenvalue weighted by Gasteiger charge is -2.35. The highest BCUT2D eigenvalue weighted by atomic mass is 35.5. The highest BCUT2D eigenvalue weighted by molar-refractivity contribution is 7.91. The number of anilines is 1. The second-order valence-corrected chi connectivity index (χ2v) is 12.7. The molecule has 0 spiro atoms. The van der Waals surface area contributed by atoms with Gasteiger partial charge in [0.05, 0.1) is 27.1 Å². The van der Waals surface area contributed by atoms with Crippen LogP contribution in [-0.2, 0) is 16.4 Å². The number of pyridine rings is 1. The first-order valence-electron chi connectivity index (χ1n) is 12.4. The number of hydrogen-bond donors (Lipinski definition) is 3. The maximum absolute atomic E-state index is 13.2. The standard InChI is InChI=1S/C24H34ClF2N5O5S/c1-5-32-21(16-12-29-18(28-11-14(2)3)10-17(16)37-23(26)27)19(25)20(31-32)22(33)30-13-24(34)8-6-15(7-9-24)38(4,35)36/h10,12,14-15,23,34H,5-9,11,13H2,1-4H3,(H,28,29)(H,30,33). The summed E-state index contributed by atoms with van der Waals surface area (Å²) in [6, 6.07) is 1.34. The van der Waals surface area contributed by atoms with Crippen LogP contribution in [0.3, 0.4) is 0 Å². The second-order valence-electron chi connectivity index (χ2n) is 9.98. The van der Waals surface area contributed by atoms with Crippen molar-refractivity contribution in [1.29, 1.82) is 0 Å². The molecule has 2 aromatic rings. The third-order valence-corrected chi connectivity index (χ3v) is 8.53. The van der Waals surface area contributed by atoms with E-state index >= 15 is 0 Å². The molecule has 3 N–H and O–H groups in total. The number of carbonyl (C=O) groups is 1. The average molecular weight is 578 g/mol. The van der Waals surface area contributed by atoms with Gasteiger partial charge in [0, 0.05) is 38.2 Å². The fourth-order valence-corrected chi connectivity index (χ4v) is 5.76. The number of halogens is 3. The molecule has 3 rings (SSSR count). The molecule has 0 radical (unpaired) electrons. The number of carbonyl (C=O) groups excluding carboxylic acids is 1. The minimum absolute atomic E-state index is 0.0825. The van der Waals surface area contributed by atoms with Crippen molar-refractivity contribution < 1.29 is 31.8 Å². The van der Waals surface area contributed by atoms with Crippen molar-refractivity contribution in [3.05, 3.63) is 23.0 Å². The number of nitrogens with one attached hydrogen (secondary N) is 2. The van der Waals surface area contributed by atoms with Crippen molar-refractivity contribution in [2.75, 3.05) is 24.7 Å². The zero-order valence-electron chi connectivity index (χ0n) is 21.8. The molecule has 2 aromatic heterocycles. The molecule has 0 saturated heterocycles. The Hall–Kier alpha value is -2.51. The normalized spacial score (nSPS) is 20.1. The van der Waals surface area contributed by atoms with Gasteiger partial charge < -0.3 is 20.5 Å². The Morgan fingerprint density at radius 2 is 2.00 bits per heavy atom. The number of rotatable bonds is 11. The van der Waals surface area contributed by atoms with Crippen LogP contribution in [0, 0.1) is 5.92 Å². The number of hydrogen-bond acceptors (Lipinski definition) is 8. The molecular weight excluding hydrogens is 544 g/mol. The summed E-state index contributed by atoms with van der Waals surface area (Å²) in [5.41, 5.74) is -1.09. The molecule has 0 bridgehead atoms. The van der Waals surface area contributed by atoms with Crippen LogP contribution in [0.15, 0.2) is 12.3 Å². The van der Waals surface area contributed by atoms with E-state index in [4.69, 9.17) is 16.3 Å². The summed E-state index contributed by atoms with van der Waals surface area (Å²) in [4.78, 5) is 17.3. The van der Waals surface area contributed by atoms with Crippen LogP contribution in [0.4, 0.5) is 14.6 Å².